The number of carbonyl (C=O) groups is 3. The first-order chi connectivity index (χ1) is 20.3. The summed E-state index contributed by atoms with van der Waals surface area (Å²) < 4.78 is 14.5. The molecule has 6 nitrogen and oxygen atoms in total. The fourth-order valence-corrected chi connectivity index (χ4v) is 5.21. The molecule has 1 aliphatic heterocycles. The second kappa shape index (κ2) is 14.4. The first-order valence-electron chi connectivity index (χ1n) is 12.9. The number of aliphatic imine (C=N–C) groups is 1. The maximum absolute atomic E-state index is 14.5. The maximum atomic E-state index is 14.5. The average Bonchev–Trinajstić information content (AvgIpc) is 3.00. The van der Waals surface area contributed by atoms with E-state index in [1.165, 1.54) is 29.2 Å². The maximum Gasteiger partial charge on any atom is 0.285 e. The molecule has 0 aromatic heterocycles. The third-order valence-electron chi connectivity index (χ3n) is 6.20. The third-order valence-corrected chi connectivity index (χ3v) is 7.47. The van der Waals surface area contributed by atoms with Crippen LogP contribution in [0, 0.1) is 5.82 Å². The number of hydrogen-bond donors (Lipinski definition) is 1. The molecule has 1 aliphatic rings. The van der Waals surface area contributed by atoms with Crippen molar-refractivity contribution in [2.24, 2.45) is 4.99 Å². The van der Waals surface area contributed by atoms with Crippen LogP contribution in [-0.4, -0.2) is 33.5 Å². The summed E-state index contributed by atoms with van der Waals surface area (Å²) in [6.07, 6.45) is 7.52. The van der Waals surface area contributed by atoms with Crippen LogP contribution in [0.4, 0.5) is 4.39 Å². The SMILES string of the molecule is C=C/C=C\C(=C/C)N1C(=O)/C(=C/c2c(F)cccc2Cl)C(=O)N=C1SCC(=O)NC(c1ccccc1)c1ccccc1. The number of carbonyl (C=O) groups excluding carboxylic acids is 3. The van der Waals surface area contributed by atoms with E-state index in [0.717, 1.165) is 29.0 Å². The minimum absolute atomic E-state index is 0.00900. The quantitative estimate of drug-likeness (QED) is 0.165. The lowest BCUT2D eigenvalue weighted by molar-refractivity contribution is -0.126. The zero-order valence-corrected chi connectivity index (χ0v) is 24.2. The van der Waals surface area contributed by atoms with E-state index in [0.29, 0.717) is 5.70 Å². The Morgan fingerprint density at radius 1 is 1.05 bits per heavy atom. The van der Waals surface area contributed by atoms with Gasteiger partial charge in [0.1, 0.15) is 11.4 Å². The van der Waals surface area contributed by atoms with Crippen molar-refractivity contribution in [1.82, 2.24) is 10.2 Å². The Bertz CT molecular complexity index is 1560. The van der Waals surface area contributed by atoms with Crippen molar-refractivity contribution in [3.8, 4) is 0 Å². The van der Waals surface area contributed by atoms with E-state index in [-0.39, 0.29) is 33.0 Å². The van der Waals surface area contributed by atoms with E-state index >= 15 is 0 Å². The number of benzene rings is 3. The molecule has 1 heterocycles. The molecule has 0 atom stereocenters. The van der Waals surface area contributed by atoms with Crippen LogP contribution < -0.4 is 5.32 Å². The molecule has 0 bridgehead atoms. The highest BCUT2D eigenvalue weighted by molar-refractivity contribution is 8.14. The Hall–Kier alpha value is -4.53. The Labute approximate surface area is 253 Å². The molecular weight excluding hydrogens is 573 g/mol. The van der Waals surface area contributed by atoms with Gasteiger partial charge in [-0.15, -0.1) is 0 Å². The molecule has 3 aromatic carbocycles. The van der Waals surface area contributed by atoms with Gasteiger partial charge in [-0.2, -0.15) is 4.99 Å². The Morgan fingerprint density at radius 3 is 2.26 bits per heavy atom. The summed E-state index contributed by atoms with van der Waals surface area (Å²) in [5, 5.41) is 3.10. The van der Waals surface area contributed by atoms with Crippen LogP contribution in [0.5, 0.6) is 0 Å². The van der Waals surface area contributed by atoms with Crippen LogP contribution in [0.2, 0.25) is 5.02 Å². The molecule has 4 rings (SSSR count). The summed E-state index contributed by atoms with van der Waals surface area (Å²) in [5.74, 6) is -2.75. The number of thioether (sulfide) groups is 1. The molecule has 0 aliphatic carbocycles. The standard InChI is InChI=1S/C33H27ClFN3O3S/c1-3-5-17-24(4-2)38-32(41)26(20-25-27(34)18-12-19-28(25)35)31(40)37-33(38)42-21-29(39)36-30(22-13-8-6-9-14-22)23-15-10-7-11-16-23/h3-20,30H,1,21H2,2H3,(H,36,39)/b17-5-,24-4+,26-20+. The van der Waals surface area contributed by atoms with E-state index in [4.69, 9.17) is 11.6 Å². The van der Waals surface area contributed by atoms with Gasteiger partial charge in [0.2, 0.25) is 5.91 Å². The fourth-order valence-electron chi connectivity index (χ4n) is 4.19. The molecule has 1 N–H and O–H groups in total. The predicted molar refractivity (Wildman–Crippen MR) is 167 cm³/mol. The van der Waals surface area contributed by atoms with Crippen molar-refractivity contribution >= 4 is 52.3 Å². The zero-order valence-electron chi connectivity index (χ0n) is 22.7. The van der Waals surface area contributed by atoms with Gasteiger partial charge in [0.15, 0.2) is 5.17 Å². The van der Waals surface area contributed by atoms with Crippen molar-refractivity contribution in [2.75, 3.05) is 5.75 Å². The van der Waals surface area contributed by atoms with E-state index in [9.17, 15) is 18.8 Å². The summed E-state index contributed by atoms with van der Waals surface area (Å²) in [6, 6.07) is 22.7. The van der Waals surface area contributed by atoms with E-state index < -0.39 is 23.7 Å². The van der Waals surface area contributed by atoms with E-state index in [1.54, 1.807) is 25.2 Å². The molecule has 0 spiro atoms. The van der Waals surface area contributed by atoms with Crippen LogP contribution >= 0.6 is 23.4 Å². The van der Waals surface area contributed by atoms with Gasteiger partial charge in [0.25, 0.3) is 11.8 Å². The number of amides is 3. The lowest BCUT2D eigenvalue weighted by atomic mass is 9.99. The molecule has 0 radical (unpaired) electrons. The number of rotatable bonds is 9. The number of nitrogens with one attached hydrogen (secondary N) is 1. The van der Waals surface area contributed by atoms with Crippen LogP contribution in [0.3, 0.4) is 0 Å². The zero-order chi connectivity index (χ0) is 30.1. The highest BCUT2D eigenvalue weighted by atomic mass is 35.5. The lowest BCUT2D eigenvalue weighted by Crippen LogP contribution is -2.42. The lowest BCUT2D eigenvalue weighted by Gasteiger charge is -2.28. The van der Waals surface area contributed by atoms with Crippen molar-refractivity contribution in [2.45, 2.75) is 13.0 Å². The summed E-state index contributed by atoms with van der Waals surface area (Å²) in [7, 11) is 0. The number of allylic oxidation sites excluding steroid dienone is 4. The highest BCUT2D eigenvalue weighted by Gasteiger charge is 2.35. The molecule has 212 valence electrons. The smallest absolute Gasteiger partial charge is 0.285 e. The number of nitrogens with zero attached hydrogens (tertiary/aromatic N) is 2. The van der Waals surface area contributed by atoms with Crippen LogP contribution in [-0.2, 0) is 14.4 Å². The van der Waals surface area contributed by atoms with Crippen molar-refractivity contribution in [3.05, 3.63) is 149 Å². The van der Waals surface area contributed by atoms with Gasteiger partial charge in [-0.25, -0.2) is 4.39 Å². The van der Waals surface area contributed by atoms with E-state index in [2.05, 4.69) is 16.9 Å². The van der Waals surface area contributed by atoms with Crippen LogP contribution in [0.25, 0.3) is 6.08 Å². The van der Waals surface area contributed by atoms with Crippen LogP contribution in [0.15, 0.2) is 126 Å². The monoisotopic (exact) mass is 599 g/mol. The molecule has 0 saturated carbocycles. The molecule has 9 heteroatoms. The number of halogens is 2. The Balaban J connectivity index is 1.63. The molecule has 42 heavy (non-hydrogen) atoms. The second-order valence-electron chi connectivity index (χ2n) is 8.95. The first kappa shape index (κ1) is 30.4. The minimum atomic E-state index is -0.868. The van der Waals surface area contributed by atoms with Gasteiger partial charge in [0.05, 0.1) is 16.8 Å². The van der Waals surface area contributed by atoms with Crippen molar-refractivity contribution in [3.63, 3.8) is 0 Å². The second-order valence-corrected chi connectivity index (χ2v) is 10.3. The van der Waals surface area contributed by atoms with Gasteiger partial charge >= 0.3 is 0 Å². The largest absolute Gasteiger partial charge is 0.344 e. The van der Waals surface area contributed by atoms with Crippen molar-refractivity contribution in [1.29, 1.82) is 0 Å². The molecule has 0 fully saturated rings. The molecule has 0 saturated heterocycles. The van der Waals surface area contributed by atoms with E-state index in [1.807, 2.05) is 60.7 Å². The van der Waals surface area contributed by atoms with Gasteiger partial charge < -0.3 is 5.32 Å². The molecule has 3 amide bonds. The minimum Gasteiger partial charge on any atom is -0.344 e. The number of amidine groups is 1. The summed E-state index contributed by atoms with van der Waals surface area (Å²) in [4.78, 5) is 45.3. The predicted octanol–water partition coefficient (Wildman–Crippen LogP) is 6.87. The Morgan fingerprint density at radius 2 is 1.69 bits per heavy atom. The molecular formula is C33H27ClFN3O3S. The van der Waals surface area contributed by atoms with Gasteiger partial charge in [-0.1, -0.05) is 115 Å². The van der Waals surface area contributed by atoms with Crippen molar-refractivity contribution < 1.29 is 18.8 Å². The van der Waals surface area contributed by atoms with Gasteiger partial charge in [-0.05, 0) is 42.3 Å². The Kier molecular flexibility index (Phi) is 10.4. The third kappa shape index (κ3) is 7.21. The topological polar surface area (TPSA) is 78.8 Å². The van der Waals surface area contributed by atoms with Gasteiger partial charge in [-0.3, -0.25) is 19.3 Å². The van der Waals surface area contributed by atoms with Crippen LogP contribution in [0.1, 0.15) is 29.7 Å². The normalized spacial score (nSPS) is 15.0. The summed E-state index contributed by atoms with van der Waals surface area (Å²) in [5.41, 5.74) is 1.72. The summed E-state index contributed by atoms with van der Waals surface area (Å²) in [6.45, 7) is 5.37. The molecule has 3 aromatic rings. The highest BCUT2D eigenvalue weighted by Crippen LogP contribution is 2.29. The molecule has 0 unspecified atom stereocenters. The first-order valence-corrected chi connectivity index (χ1v) is 14.3. The fraction of sp³-hybridized carbons (Fsp3) is 0.0909. The number of hydrogen-bond acceptors (Lipinski definition) is 4. The van der Waals surface area contributed by atoms with Gasteiger partial charge in [0, 0.05) is 11.3 Å². The summed E-state index contributed by atoms with van der Waals surface area (Å²) >= 11 is 7.08. The average molecular weight is 600 g/mol.